The first-order valence-electron chi connectivity index (χ1n) is 6.72. The van der Waals surface area contributed by atoms with E-state index in [1.165, 1.54) is 4.88 Å². The number of carbonyl (C=O) groups is 1. The number of ether oxygens (including phenoxy) is 1. The molecule has 1 aliphatic heterocycles. The highest BCUT2D eigenvalue weighted by Crippen LogP contribution is 2.30. The van der Waals surface area contributed by atoms with Gasteiger partial charge in [0.15, 0.2) is 0 Å². The van der Waals surface area contributed by atoms with Crippen molar-refractivity contribution in [2.24, 2.45) is 5.41 Å². The van der Waals surface area contributed by atoms with E-state index >= 15 is 0 Å². The van der Waals surface area contributed by atoms with E-state index in [4.69, 9.17) is 4.74 Å². The number of hydrogen-bond donors (Lipinski definition) is 1. The molecule has 0 bridgehead atoms. The van der Waals surface area contributed by atoms with Gasteiger partial charge in [-0.05, 0) is 30.8 Å². The summed E-state index contributed by atoms with van der Waals surface area (Å²) in [6.07, 6.45) is 1.55. The van der Waals surface area contributed by atoms with Gasteiger partial charge in [-0.25, -0.2) is 0 Å². The van der Waals surface area contributed by atoms with Crippen molar-refractivity contribution in [1.29, 1.82) is 0 Å². The molecule has 0 spiro atoms. The zero-order valence-electron chi connectivity index (χ0n) is 11.3. The summed E-state index contributed by atoms with van der Waals surface area (Å²) in [6, 6.07) is 4.13. The second kappa shape index (κ2) is 6.50. The normalized spacial score (nSPS) is 23.7. The van der Waals surface area contributed by atoms with Crippen LogP contribution in [0, 0.1) is 5.41 Å². The van der Waals surface area contributed by atoms with Gasteiger partial charge in [-0.3, -0.25) is 9.69 Å². The second-order valence-corrected chi connectivity index (χ2v) is 6.16. The van der Waals surface area contributed by atoms with Crippen molar-refractivity contribution in [3.05, 3.63) is 22.4 Å². The van der Waals surface area contributed by atoms with Crippen molar-refractivity contribution in [2.45, 2.75) is 26.3 Å². The molecule has 1 aliphatic rings. The molecule has 2 rings (SSSR count). The summed E-state index contributed by atoms with van der Waals surface area (Å²) in [4.78, 5) is 15.1. The van der Waals surface area contributed by atoms with Crippen LogP contribution in [0.3, 0.4) is 0 Å². The third-order valence-corrected chi connectivity index (χ3v) is 4.57. The zero-order chi connectivity index (χ0) is 13.7. The Labute approximate surface area is 118 Å². The third kappa shape index (κ3) is 3.55. The smallest absolute Gasteiger partial charge is 0.313 e. The lowest BCUT2D eigenvalue weighted by Crippen LogP contribution is -2.48. The highest BCUT2D eigenvalue weighted by molar-refractivity contribution is 7.09. The molecule has 0 radical (unpaired) electrons. The summed E-state index contributed by atoms with van der Waals surface area (Å²) in [5, 5.41) is 11.6. The summed E-state index contributed by atoms with van der Waals surface area (Å²) in [6.45, 7) is 5.34. The first kappa shape index (κ1) is 14.5. The van der Waals surface area contributed by atoms with Crippen LogP contribution in [0.15, 0.2) is 17.5 Å². The molecule has 1 aromatic rings. The van der Waals surface area contributed by atoms with Crippen molar-refractivity contribution < 1.29 is 14.6 Å². The van der Waals surface area contributed by atoms with Gasteiger partial charge in [-0.1, -0.05) is 13.0 Å². The zero-order valence-corrected chi connectivity index (χ0v) is 12.1. The number of carboxylic acid groups (broad SMARTS) is 1. The molecular formula is C14H21NO3S. The van der Waals surface area contributed by atoms with E-state index in [2.05, 4.69) is 23.3 Å². The Balaban J connectivity index is 2.03. The van der Waals surface area contributed by atoms with Crippen LogP contribution in [0.1, 0.15) is 24.6 Å². The van der Waals surface area contributed by atoms with Gasteiger partial charge < -0.3 is 9.84 Å². The maximum Gasteiger partial charge on any atom is 0.313 e. The van der Waals surface area contributed by atoms with E-state index in [1.807, 2.05) is 6.07 Å². The van der Waals surface area contributed by atoms with Gasteiger partial charge in [-0.2, -0.15) is 0 Å². The van der Waals surface area contributed by atoms with Crippen LogP contribution in [0.2, 0.25) is 0 Å². The van der Waals surface area contributed by atoms with Gasteiger partial charge in [0.2, 0.25) is 0 Å². The molecule has 0 aliphatic carbocycles. The van der Waals surface area contributed by atoms with E-state index in [9.17, 15) is 9.90 Å². The molecule has 2 heterocycles. The molecule has 1 fully saturated rings. The van der Waals surface area contributed by atoms with Crippen LogP contribution in [0.5, 0.6) is 0 Å². The van der Waals surface area contributed by atoms with Gasteiger partial charge in [0.25, 0.3) is 0 Å². The molecule has 1 N–H and O–H groups in total. The predicted molar refractivity (Wildman–Crippen MR) is 75.4 cm³/mol. The van der Waals surface area contributed by atoms with Gasteiger partial charge in [0.05, 0.1) is 6.61 Å². The fourth-order valence-electron chi connectivity index (χ4n) is 2.54. The molecule has 19 heavy (non-hydrogen) atoms. The molecule has 1 atom stereocenters. The maximum absolute atomic E-state index is 11.6. The minimum atomic E-state index is -0.731. The van der Waals surface area contributed by atoms with Crippen molar-refractivity contribution in [3.63, 3.8) is 0 Å². The number of rotatable bonds is 6. The minimum Gasteiger partial charge on any atom is -0.481 e. The Morgan fingerprint density at radius 1 is 1.63 bits per heavy atom. The molecule has 1 unspecified atom stereocenters. The van der Waals surface area contributed by atoms with Crippen molar-refractivity contribution in [2.75, 3.05) is 26.3 Å². The summed E-state index contributed by atoms with van der Waals surface area (Å²) in [5.74, 6) is -0.725. The first-order valence-corrected chi connectivity index (χ1v) is 7.60. The fraction of sp³-hybridized carbons (Fsp3) is 0.643. The highest BCUT2D eigenvalue weighted by Gasteiger charge is 2.41. The standard InChI is InChI=1S/C14H21NO3S/c1-2-15(9-12-5-3-8-19-12)10-14(13(16)17)6-4-7-18-11-14/h3,5,8H,2,4,6-7,9-11H2,1H3,(H,16,17). The number of nitrogens with zero attached hydrogens (tertiary/aromatic N) is 1. The molecule has 1 saturated heterocycles. The summed E-state index contributed by atoms with van der Waals surface area (Å²) in [5.41, 5.74) is -0.731. The van der Waals surface area contributed by atoms with Crippen molar-refractivity contribution in [3.8, 4) is 0 Å². The average Bonchev–Trinajstić information content (AvgIpc) is 2.92. The lowest BCUT2D eigenvalue weighted by atomic mass is 9.82. The van der Waals surface area contributed by atoms with Gasteiger partial charge >= 0.3 is 5.97 Å². The van der Waals surface area contributed by atoms with Crippen LogP contribution in [-0.2, 0) is 16.1 Å². The highest BCUT2D eigenvalue weighted by atomic mass is 32.1. The molecule has 1 aromatic heterocycles. The number of hydrogen-bond acceptors (Lipinski definition) is 4. The largest absolute Gasteiger partial charge is 0.481 e. The molecule has 106 valence electrons. The lowest BCUT2D eigenvalue weighted by Gasteiger charge is -2.37. The SMILES string of the molecule is CCN(Cc1cccs1)CC1(C(=O)O)CCCOC1. The van der Waals surface area contributed by atoms with Crippen LogP contribution >= 0.6 is 11.3 Å². The lowest BCUT2D eigenvalue weighted by molar-refractivity contribution is -0.159. The third-order valence-electron chi connectivity index (χ3n) is 3.71. The van der Waals surface area contributed by atoms with Crippen LogP contribution in [-0.4, -0.2) is 42.3 Å². The Hall–Kier alpha value is -0.910. The monoisotopic (exact) mass is 283 g/mol. The molecule has 0 amide bonds. The Morgan fingerprint density at radius 3 is 3.00 bits per heavy atom. The number of aliphatic carboxylic acids is 1. The summed E-state index contributed by atoms with van der Waals surface area (Å²) < 4.78 is 5.42. The van der Waals surface area contributed by atoms with Crippen molar-refractivity contribution >= 4 is 17.3 Å². The van der Waals surface area contributed by atoms with Gasteiger partial charge in [0.1, 0.15) is 5.41 Å². The molecule has 4 nitrogen and oxygen atoms in total. The van der Waals surface area contributed by atoms with E-state index in [0.29, 0.717) is 26.2 Å². The Morgan fingerprint density at radius 2 is 2.47 bits per heavy atom. The Kier molecular flexibility index (Phi) is 4.96. The predicted octanol–water partition coefficient (Wildman–Crippen LogP) is 2.45. The maximum atomic E-state index is 11.6. The topological polar surface area (TPSA) is 49.8 Å². The number of carboxylic acids is 1. The van der Waals surface area contributed by atoms with E-state index in [0.717, 1.165) is 19.5 Å². The Bertz CT molecular complexity index is 399. The molecule has 0 saturated carbocycles. The minimum absolute atomic E-state index is 0.337. The summed E-state index contributed by atoms with van der Waals surface area (Å²) >= 11 is 1.72. The van der Waals surface area contributed by atoms with Gasteiger partial charge in [0, 0.05) is 24.6 Å². The first-order chi connectivity index (χ1) is 9.16. The quantitative estimate of drug-likeness (QED) is 0.871. The molecule has 5 heteroatoms. The van der Waals surface area contributed by atoms with E-state index in [-0.39, 0.29) is 0 Å². The summed E-state index contributed by atoms with van der Waals surface area (Å²) in [7, 11) is 0. The van der Waals surface area contributed by atoms with Gasteiger partial charge in [-0.15, -0.1) is 11.3 Å². The van der Waals surface area contributed by atoms with E-state index < -0.39 is 11.4 Å². The van der Waals surface area contributed by atoms with E-state index in [1.54, 1.807) is 11.3 Å². The molecular weight excluding hydrogens is 262 g/mol. The molecule has 0 aromatic carbocycles. The van der Waals surface area contributed by atoms with Crippen LogP contribution in [0.4, 0.5) is 0 Å². The van der Waals surface area contributed by atoms with Crippen LogP contribution in [0.25, 0.3) is 0 Å². The fourth-order valence-corrected chi connectivity index (χ4v) is 3.29. The number of thiophene rings is 1. The van der Waals surface area contributed by atoms with Crippen LogP contribution < -0.4 is 0 Å². The average molecular weight is 283 g/mol. The second-order valence-electron chi connectivity index (χ2n) is 5.12. The van der Waals surface area contributed by atoms with Crippen molar-refractivity contribution in [1.82, 2.24) is 4.90 Å².